The van der Waals surface area contributed by atoms with Crippen molar-refractivity contribution in [1.82, 2.24) is 0 Å². The van der Waals surface area contributed by atoms with Gasteiger partial charge in [0, 0.05) is 40.6 Å². The van der Waals surface area contributed by atoms with Gasteiger partial charge in [0.25, 0.3) is 0 Å². The van der Waals surface area contributed by atoms with E-state index in [1.807, 2.05) is 12.1 Å². The van der Waals surface area contributed by atoms with E-state index in [0.29, 0.717) is 48.9 Å². The number of aliphatic hydroxyl groups excluding tert-OH is 2. The zero-order chi connectivity index (χ0) is 60.6. The van der Waals surface area contributed by atoms with Crippen molar-refractivity contribution in [3.8, 4) is 16.9 Å². The smallest absolute Gasteiger partial charge is 0.306 e. The SMILES string of the molecule is C=C(CC[C@@H](C(=O)O)[C@H]1[C@H](O)C[C@@]2(C3CCC(Cc4ccc(CCOC)cc4)CC3)C3=C(CC[C@]12C)[C@]12CC[C@H](O)[C@@]4(C)CC=C[C@@](C=C5C(Cc6cccc(-c7ccc(O)cc7)c6)=c6cccc(CCC(C)C)c6=C[C@H]51)(C3)[C@@H]42)[C@@H](C)C1CCCCC1. The number of ether oxygens (including phenoxy) is 1. The van der Waals surface area contributed by atoms with Crippen molar-refractivity contribution in [2.75, 3.05) is 13.7 Å². The van der Waals surface area contributed by atoms with E-state index in [1.165, 1.54) is 81.5 Å². The number of carboxylic acid groups (broad SMARTS) is 1. The number of hydrogen-bond acceptors (Lipinski definition) is 5. The normalized spacial score (nSPS) is 34.0. The molecule has 9 aliphatic carbocycles. The predicted molar refractivity (Wildman–Crippen MR) is 353 cm³/mol. The van der Waals surface area contributed by atoms with Crippen molar-refractivity contribution in [3.63, 3.8) is 0 Å². The number of benzene rings is 4. The lowest BCUT2D eigenvalue weighted by atomic mass is 9.30. The van der Waals surface area contributed by atoms with Crippen LogP contribution in [0.4, 0.5) is 0 Å². The summed E-state index contributed by atoms with van der Waals surface area (Å²) in [6.45, 7) is 17.5. The van der Waals surface area contributed by atoms with Gasteiger partial charge in [-0.2, -0.15) is 0 Å². The first-order chi connectivity index (χ1) is 41.9. The van der Waals surface area contributed by atoms with E-state index >= 15 is 0 Å². The monoisotopic (exact) mass is 1170 g/mol. The Bertz CT molecular complexity index is 3460. The Kier molecular flexibility index (Phi) is 16.6. The molecule has 4 aromatic carbocycles. The zero-order valence-electron chi connectivity index (χ0n) is 53.6. The largest absolute Gasteiger partial charge is 0.508 e. The van der Waals surface area contributed by atoms with Crippen LogP contribution in [0.5, 0.6) is 5.75 Å². The molecule has 4 fully saturated rings. The summed E-state index contributed by atoms with van der Waals surface area (Å²) in [7, 11) is 1.77. The number of methoxy groups -OCH3 is 1. The van der Waals surface area contributed by atoms with Crippen molar-refractivity contribution >= 4 is 17.6 Å². The Morgan fingerprint density at radius 1 is 0.793 bits per heavy atom. The van der Waals surface area contributed by atoms with Gasteiger partial charge in [0.05, 0.1) is 24.7 Å². The Balaban J connectivity index is 0.964. The summed E-state index contributed by atoms with van der Waals surface area (Å²) in [5, 5.41) is 51.1. The lowest BCUT2D eigenvalue weighted by Crippen LogP contribution is -2.68. The number of carboxylic acids is 1. The van der Waals surface area contributed by atoms with E-state index in [2.05, 4.69) is 126 Å². The van der Waals surface area contributed by atoms with Gasteiger partial charge in [0.15, 0.2) is 0 Å². The standard InChI is InChI=1S/C81H102O6/c1-51(2)20-28-60-17-12-19-64-66(60)47-70-68(67(64)46-57-14-11-18-61(45-57)59-29-33-63(82)34-30-59)48-79-40-13-39-77(5)73(84)37-42-80(70,76(77)79)69-36-41-78(6)74(65(75(85)86)35-21-52(3)53(4)58-15-9-8-10-16-58)72(83)50-81(78,71(69)49-79)62-31-26-56(27-32-62)44-55-24-22-54(23-25-55)38-43-87-7/h11-14,17-19,22-25,29-30,33-34,40,45,47-48,51,53,56,58,62,65,70,72-74,76,82-84H,3,8-10,15-16,20-21,26-28,31-32,35-39,41-44,46,49-50H2,1-2,4-7H3,(H,85,86)/t53-,56?,62?,65-,70-,72-,73+,74+,76-,77-,78-,79-,80-,81-/m1/s1. The Hall–Kier alpha value is -5.27. The van der Waals surface area contributed by atoms with Crippen LogP contribution in [0.1, 0.15) is 179 Å². The Labute approximate surface area is 521 Å². The summed E-state index contributed by atoms with van der Waals surface area (Å²) in [6, 6.07) is 33.1. The van der Waals surface area contributed by atoms with Crippen molar-refractivity contribution in [3.05, 3.63) is 171 Å². The van der Waals surface area contributed by atoms with Crippen molar-refractivity contribution < 1.29 is 30.0 Å². The van der Waals surface area contributed by atoms with Crippen LogP contribution in [0.25, 0.3) is 22.8 Å². The van der Waals surface area contributed by atoms with Crippen LogP contribution in [0.2, 0.25) is 0 Å². The first kappa shape index (κ1) is 60.6. The Morgan fingerprint density at radius 2 is 1.54 bits per heavy atom. The number of fused-ring (bicyclic) bond motifs is 4. The highest BCUT2D eigenvalue weighted by atomic mass is 16.5. The maximum Gasteiger partial charge on any atom is 0.306 e. The van der Waals surface area contributed by atoms with E-state index < -0.39 is 40.3 Å². The third kappa shape index (κ3) is 10.3. The topological polar surface area (TPSA) is 107 Å². The number of phenolic OH excluding ortho intramolecular Hbond substituents is 1. The third-order valence-corrected chi connectivity index (χ3v) is 26.1. The molecular formula is C81H102O6. The molecule has 0 unspecified atom stereocenters. The van der Waals surface area contributed by atoms with Crippen LogP contribution in [-0.2, 0) is 35.2 Å². The minimum atomic E-state index is -0.746. The number of phenols is 1. The van der Waals surface area contributed by atoms with Crippen molar-refractivity contribution in [2.24, 2.45) is 80.3 Å². The number of aromatic hydroxyl groups is 1. The second-order valence-corrected chi connectivity index (χ2v) is 30.8. The molecule has 0 heterocycles. The lowest BCUT2D eigenvalue weighted by Gasteiger charge is -2.73. The maximum atomic E-state index is 14.4. The number of aliphatic hydroxyl groups is 2. The molecule has 0 aromatic heterocycles. The molecular weight excluding hydrogens is 1070 g/mol. The van der Waals surface area contributed by atoms with Gasteiger partial charge in [0.2, 0.25) is 0 Å². The van der Waals surface area contributed by atoms with Crippen LogP contribution in [-0.4, -0.2) is 52.3 Å². The molecule has 2 bridgehead atoms. The molecule has 4 saturated carbocycles. The van der Waals surface area contributed by atoms with Gasteiger partial charge in [-0.05, 0) is 236 Å². The van der Waals surface area contributed by atoms with Gasteiger partial charge in [-0.1, -0.05) is 180 Å². The zero-order valence-corrected chi connectivity index (χ0v) is 53.6. The summed E-state index contributed by atoms with van der Waals surface area (Å²) < 4.78 is 5.41. The fourth-order valence-electron chi connectivity index (χ4n) is 21.9. The van der Waals surface area contributed by atoms with Crippen LogP contribution >= 0.6 is 0 Å². The second-order valence-electron chi connectivity index (χ2n) is 30.8. The number of aryl methyl sites for hydroxylation is 1. The minimum Gasteiger partial charge on any atom is -0.508 e. The number of carbonyl (C=O) groups is 1. The van der Waals surface area contributed by atoms with Crippen molar-refractivity contribution in [2.45, 2.75) is 195 Å². The summed E-state index contributed by atoms with van der Waals surface area (Å²) in [4.78, 5) is 14.4. The summed E-state index contributed by atoms with van der Waals surface area (Å²) in [6.07, 6.45) is 32.1. The van der Waals surface area contributed by atoms with E-state index in [4.69, 9.17) is 11.3 Å². The molecule has 4 aromatic rings. The molecule has 0 saturated heterocycles. The molecule has 0 radical (unpaired) electrons. The molecule has 13 rings (SSSR count). The van der Waals surface area contributed by atoms with E-state index in [-0.39, 0.29) is 34.3 Å². The van der Waals surface area contributed by atoms with Gasteiger partial charge in [-0.25, -0.2) is 0 Å². The first-order valence-corrected chi connectivity index (χ1v) is 34.6. The number of hydrogen-bond donors (Lipinski definition) is 4. The predicted octanol–water partition coefficient (Wildman–Crippen LogP) is 16.5. The molecule has 9 aliphatic rings. The minimum absolute atomic E-state index is 0.0753. The highest BCUT2D eigenvalue weighted by Crippen LogP contribution is 2.82. The number of rotatable bonds is 19. The molecule has 6 nitrogen and oxygen atoms in total. The van der Waals surface area contributed by atoms with Crippen LogP contribution in [0, 0.1) is 80.3 Å². The lowest BCUT2D eigenvalue weighted by molar-refractivity contribution is -0.164. The van der Waals surface area contributed by atoms with E-state index in [9.17, 15) is 25.2 Å². The fourth-order valence-corrected chi connectivity index (χ4v) is 21.9. The molecule has 12 atom stereocenters. The maximum absolute atomic E-state index is 14.4. The van der Waals surface area contributed by atoms with Crippen LogP contribution < -0.4 is 10.4 Å². The summed E-state index contributed by atoms with van der Waals surface area (Å²) >= 11 is 0. The number of aliphatic carboxylic acids is 1. The van der Waals surface area contributed by atoms with Gasteiger partial charge in [-0.3, -0.25) is 4.79 Å². The Morgan fingerprint density at radius 3 is 2.28 bits per heavy atom. The average Bonchev–Trinajstić information content (AvgIpc) is 1.55. The first-order valence-electron chi connectivity index (χ1n) is 34.6. The molecule has 0 spiro atoms. The molecule has 0 amide bonds. The number of allylic oxidation sites excluding steroid dienone is 7. The van der Waals surface area contributed by atoms with Gasteiger partial charge < -0.3 is 25.2 Å². The van der Waals surface area contributed by atoms with Gasteiger partial charge in [-0.15, -0.1) is 0 Å². The average molecular weight is 1170 g/mol. The van der Waals surface area contributed by atoms with Crippen molar-refractivity contribution in [1.29, 1.82) is 0 Å². The van der Waals surface area contributed by atoms with Gasteiger partial charge >= 0.3 is 5.97 Å². The second kappa shape index (κ2) is 23.8. The van der Waals surface area contributed by atoms with Crippen LogP contribution in [0.3, 0.4) is 0 Å². The molecule has 6 heteroatoms. The van der Waals surface area contributed by atoms with Gasteiger partial charge in [0.1, 0.15) is 5.75 Å². The summed E-state index contributed by atoms with van der Waals surface area (Å²) in [5.41, 5.74) is 13.1. The highest BCUT2D eigenvalue weighted by molar-refractivity contribution is 5.78. The van der Waals surface area contributed by atoms with E-state index in [1.54, 1.807) is 30.4 Å². The molecule has 87 heavy (non-hydrogen) atoms. The quantitative estimate of drug-likeness (QED) is 0.0697. The fraction of sp³-hybridized carbons (Fsp3) is 0.568. The molecule has 462 valence electrons. The van der Waals surface area contributed by atoms with E-state index in [0.717, 1.165) is 114 Å². The molecule has 0 aliphatic heterocycles. The summed E-state index contributed by atoms with van der Waals surface area (Å²) in [5.74, 6) is 1.13. The third-order valence-electron chi connectivity index (χ3n) is 26.1. The highest BCUT2D eigenvalue weighted by Gasteiger charge is 2.76. The van der Waals surface area contributed by atoms with Crippen LogP contribution in [0.15, 0.2) is 138 Å². The molecule has 4 N–H and O–H groups in total.